The van der Waals surface area contributed by atoms with Crippen LogP contribution in [0.4, 0.5) is 0 Å². The van der Waals surface area contributed by atoms with Crippen LogP contribution >= 0.6 is 0 Å². The number of rotatable bonds is 0. The summed E-state index contributed by atoms with van der Waals surface area (Å²) in [6.45, 7) is 0.102. The molecule has 0 aromatic heterocycles. The van der Waals surface area contributed by atoms with E-state index in [4.69, 9.17) is 4.74 Å². The predicted octanol–water partition coefficient (Wildman–Crippen LogP) is 1.61. The monoisotopic (exact) mass is 286 g/mol. The van der Waals surface area contributed by atoms with Crippen LogP contribution < -0.4 is 4.74 Å². The summed E-state index contributed by atoms with van der Waals surface area (Å²) in [6, 6.07) is 7.77. The van der Waals surface area contributed by atoms with Gasteiger partial charge in [-0.2, -0.15) is 0 Å². The highest BCUT2D eigenvalue weighted by molar-refractivity contribution is 5.58. The van der Waals surface area contributed by atoms with Crippen molar-refractivity contribution in [1.82, 2.24) is 0 Å². The van der Waals surface area contributed by atoms with Crippen molar-refractivity contribution in [2.75, 3.05) is 6.61 Å². The lowest BCUT2D eigenvalue weighted by molar-refractivity contribution is -0.0218. The molecule has 0 radical (unpaired) electrons. The number of aromatic hydroxyl groups is 3. The average molecular weight is 286 g/mol. The molecule has 1 heterocycles. The zero-order valence-corrected chi connectivity index (χ0v) is 11.1. The molecular weight excluding hydrogens is 272 g/mol. The molecular formula is C16H14O5. The van der Waals surface area contributed by atoms with E-state index in [9.17, 15) is 20.4 Å². The third kappa shape index (κ3) is 1.61. The molecule has 2 aromatic rings. The Kier molecular flexibility index (Phi) is 2.25. The third-order valence-electron chi connectivity index (χ3n) is 4.37. The second-order valence-corrected chi connectivity index (χ2v) is 5.76. The van der Waals surface area contributed by atoms with E-state index < -0.39 is 5.60 Å². The number of ether oxygens (including phenoxy) is 1. The number of hydrogen-bond donors (Lipinski definition) is 4. The van der Waals surface area contributed by atoms with Gasteiger partial charge in [0.2, 0.25) is 0 Å². The maximum atomic E-state index is 10.9. The smallest absolute Gasteiger partial charge is 0.157 e. The molecule has 108 valence electrons. The maximum Gasteiger partial charge on any atom is 0.157 e. The first-order chi connectivity index (χ1) is 9.98. The van der Waals surface area contributed by atoms with Crippen LogP contribution in [-0.2, 0) is 6.42 Å². The van der Waals surface area contributed by atoms with Gasteiger partial charge in [0.1, 0.15) is 23.7 Å². The van der Waals surface area contributed by atoms with Crippen molar-refractivity contribution in [3.8, 4) is 23.0 Å². The van der Waals surface area contributed by atoms with E-state index in [1.807, 2.05) is 0 Å². The first-order valence-corrected chi connectivity index (χ1v) is 6.71. The second-order valence-electron chi connectivity index (χ2n) is 5.76. The Morgan fingerprint density at radius 1 is 1.00 bits per heavy atom. The largest absolute Gasteiger partial charge is 0.508 e. The molecule has 0 fully saturated rings. The molecule has 0 spiro atoms. The summed E-state index contributed by atoms with van der Waals surface area (Å²) >= 11 is 0. The summed E-state index contributed by atoms with van der Waals surface area (Å²) in [5.41, 5.74) is 1.24. The number of hydrogen-bond acceptors (Lipinski definition) is 5. The van der Waals surface area contributed by atoms with Gasteiger partial charge in [-0.1, -0.05) is 6.07 Å². The van der Waals surface area contributed by atoms with Gasteiger partial charge in [0.15, 0.2) is 11.5 Å². The minimum Gasteiger partial charge on any atom is -0.508 e. The summed E-state index contributed by atoms with van der Waals surface area (Å²) < 4.78 is 5.58. The highest BCUT2D eigenvalue weighted by atomic mass is 16.5. The third-order valence-corrected chi connectivity index (χ3v) is 4.37. The lowest BCUT2D eigenvalue weighted by atomic mass is 9.80. The minimum atomic E-state index is -1.10. The maximum absolute atomic E-state index is 10.9. The summed E-state index contributed by atoms with van der Waals surface area (Å²) in [5, 5.41) is 39.8. The standard InChI is InChI=1S/C16H14O5/c17-9-1-2-10-14(4-9)21-7-16(20)6-8-3-12(18)13(19)5-11(8)15(10)16/h1-5,15,17-20H,6-7H2/t15-,16-/m1/s1. The fourth-order valence-electron chi connectivity index (χ4n) is 3.46. The van der Waals surface area contributed by atoms with Crippen molar-refractivity contribution in [2.45, 2.75) is 17.9 Å². The molecule has 1 aliphatic carbocycles. The number of phenolic OH excluding ortho intramolecular Hbond substituents is 3. The first kappa shape index (κ1) is 12.3. The molecule has 5 heteroatoms. The summed E-state index contributed by atoms with van der Waals surface area (Å²) in [7, 11) is 0. The Hall–Kier alpha value is -2.40. The van der Waals surface area contributed by atoms with E-state index >= 15 is 0 Å². The highest BCUT2D eigenvalue weighted by Crippen LogP contribution is 2.52. The molecule has 0 saturated carbocycles. The molecule has 0 unspecified atom stereocenters. The van der Waals surface area contributed by atoms with Crippen molar-refractivity contribution in [1.29, 1.82) is 0 Å². The van der Waals surface area contributed by atoms with Crippen LogP contribution in [-0.4, -0.2) is 32.6 Å². The van der Waals surface area contributed by atoms with Gasteiger partial charge in [0.25, 0.3) is 0 Å². The number of phenols is 3. The molecule has 5 nitrogen and oxygen atoms in total. The molecule has 0 amide bonds. The van der Waals surface area contributed by atoms with Crippen LogP contribution in [0.3, 0.4) is 0 Å². The summed E-state index contributed by atoms with van der Waals surface area (Å²) in [6.07, 6.45) is 0.348. The van der Waals surface area contributed by atoms with Crippen molar-refractivity contribution >= 4 is 0 Å². The Labute approximate surface area is 120 Å². The zero-order valence-electron chi connectivity index (χ0n) is 11.1. The van der Waals surface area contributed by atoms with Gasteiger partial charge < -0.3 is 25.2 Å². The minimum absolute atomic E-state index is 0.102. The first-order valence-electron chi connectivity index (χ1n) is 6.71. The molecule has 2 aromatic carbocycles. The molecule has 4 N–H and O–H groups in total. The predicted molar refractivity (Wildman–Crippen MR) is 73.9 cm³/mol. The van der Waals surface area contributed by atoms with Crippen LogP contribution in [0.1, 0.15) is 22.6 Å². The Balaban J connectivity index is 1.95. The molecule has 0 saturated heterocycles. The van der Waals surface area contributed by atoms with Gasteiger partial charge in [0, 0.05) is 24.0 Å². The molecule has 4 rings (SSSR count). The van der Waals surface area contributed by atoms with E-state index in [1.165, 1.54) is 18.2 Å². The number of fused-ring (bicyclic) bond motifs is 5. The molecule has 1 aliphatic heterocycles. The van der Waals surface area contributed by atoms with E-state index in [0.717, 1.165) is 16.7 Å². The van der Waals surface area contributed by atoms with Crippen molar-refractivity contribution in [3.63, 3.8) is 0 Å². The van der Waals surface area contributed by atoms with Gasteiger partial charge in [-0.05, 0) is 29.3 Å². The second kappa shape index (κ2) is 3.83. The summed E-state index contributed by atoms with van der Waals surface area (Å²) in [4.78, 5) is 0. The Morgan fingerprint density at radius 3 is 2.57 bits per heavy atom. The van der Waals surface area contributed by atoms with Crippen molar-refractivity contribution in [2.24, 2.45) is 0 Å². The van der Waals surface area contributed by atoms with E-state index in [2.05, 4.69) is 0 Å². The van der Waals surface area contributed by atoms with Crippen LogP contribution in [0.25, 0.3) is 0 Å². The van der Waals surface area contributed by atoms with Crippen LogP contribution in [0.5, 0.6) is 23.0 Å². The van der Waals surface area contributed by atoms with Gasteiger partial charge in [-0.15, -0.1) is 0 Å². The molecule has 0 bridgehead atoms. The van der Waals surface area contributed by atoms with Gasteiger partial charge >= 0.3 is 0 Å². The van der Waals surface area contributed by atoms with E-state index in [0.29, 0.717) is 12.2 Å². The Bertz CT molecular complexity index is 755. The van der Waals surface area contributed by atoms with Gasteiger partial charge in [0.05, 0.1) is 0 Å². The molecule has 2 atom stereocenters. The highest BCUT2D eigenvalue weighted by Gasteiger charge is 2.50. The Morgan fingerprint density at radius 2 is 1.76 bits per heavy atom. The van der Waals surface area contributed by atoms with Crippen molar-refractivity contribution < 1.29 is 25.2 Å². The van der Waals surface area contributed by atoms with Crippen LogP contribution in [0.2, 0.25) is 0 Å². The van der Waals surface area contributed by atoms with Gasteiger partial charge in [-0.25, -0.2) is 0 Å². The zero-order chi connectivity index (χ0) is 14.8. The fraction of sp³-hybridized carbons (Fsp3) is 0.250. The normalized spacial score (nSPS) is 25.7. The summed E-state index contributed by atoms with van der Waals surface area (Å²) in [5.74, 6) is -0.105. The average Bonchev–Trinajstić information content (AvgIpc) is 2.71. The van der Waals surface area contributed by atoms with Gasteiger partial charge in [-0.3, -0.25) is 0 Å². The quantitative estimate of drug-likeness (QED) is 0.552. The van der Waals surface area contributed by atoms with E-state index in [1.54, 1.807) is 12.1 Å². The van der Waals surface area contributed by atoms with Crippen molar-refractivity contribution in [3.05, 3.63) is 47.0 Å². The van der Waals surface area contributed by atoms with E-state index in [-0.39, 0.29) is 29.8 Å². The number of aliphatic hydroxyl groups is 1. The topological polar surface area (TPSA) is 90.2 Å². The lowest BCUT2D eigenvalue weighted by Crippen LogP contribution is -2.43. The molecule has 2 aliphatic rings. The lowest BCUT2D eigenvalue weighted by Gasteiger charge is -2.36. The number of benzene rings is 2. The van der Waals surface area contributed by atoms with Crippen LogP contribution in [0, 0.1) is 0 Å². The fourth-order valence-corrected chi connectivity index (χ4v) is 3.46. The van der Waals surface area contributed by atoms with Crippen LogP contribution in [0.15, 0.2) is 30.3 Å². The molecule has 21 heavy (non-hydrogen) atoms. The SMILES string of the molecule is Oc1ccc2c(c1)OC[C@]1(O)Cc3cc(O)c(O)cc3[C@@H]21.